The summed E-state index contributed by atoms with van der Waals surface area (Å²) in [4.78, 5) is 20.6. The van der Waals surface area contributed by atoms with Gasteiger partial charge in [0.05, 0.1) is 23.1 Å². The number of aromatic nitrogens is 6. The average molecular weight is 454 g/mol. The van der Waals surface area contributed by atoms with Gasteiger partial charge in [-0.1, -0.05) is 11.3 Å². The molecule has 0 aliphatic heterocycles. The second-order valence-electron chi connectivity index (χ2n) is 7.63. The highest BCUT2D eigenvalue weighted by molar-refractivity contribution is 7.12. The molecule has 3 aromatic heterocycles. The van der Waals surface area contributed by atoms with E-state index < -0.39 is 11.8 Å². The van der Waals surface area contributed by atoms with Crippen LogP contribution >= 0.6 is 11.3 Å². The normalized spacial score (nSPS) is 11.2. The van der Waals surface area contributed by atoms with Crippen LogP contribution in [0.25, 0.3) is 10.8 Å². The van der Waals surface area contributed by atoms with E-state index in [0.717, 1.165) is 6.07 Å². The summed E-state index contributed by atoms with van der Waals surface area (Å²) in [6.07, 6.45) is 4.73. The number of nitrogens with one attached hydrogen (secondary N) is 2. The Bertz CT molecular complexity index is 1240. The van der Waals surface area contributed by atoms with Gasteiger partial charge >= 0.3 is 6.03 Å². The molecule has 0 fully saturated rings. The first-order valence-electron chi connectivity index (χ1n) is 9.48. The minimum Gasteiger partial charge on any atom is -0.439 e. The summed E-state index contributed by atoms with van der Waals surface area (Å²) in [7, 11) is 0. The number of amides is 2. The fourth-order valence-electron chi connectivity index (χ4n) is 2.59. The lowest BCUT2D eigenvalue weighted by atomic mass is 10.1. The van der Waals surface area contributed by atoms with Gasteiger partial charge in [0, 0.05) is 24.5 Å². The molecule has 0 aliphatic carbocycles. The fraction of sp³-hybridized carbons (Fsp3) is 0.200. The van der Waals surface area contributed by atoms with Crippen molar-refractivity contribution in [1.82, 2.24) is 29.9 Å². The van der Waals surface area contributed by atoms with Gasteiger partial charge in [0.1, 0.15) is 17.1 Å². The number of carbonyl (C=O) groups excluding carboxylic acids is 1. The zero-order chi connectivity index (χ0) is 22.7. The number of halogens is 1. The van der Waals surface area contributed by atoms with Crippen LogP contribution in [0.1, 0.15) is 20.8 Å². The van der Waals surface area contributed by atoms with Gasteiger partial charge in [0.2, 0.25) is 5.88 Å². The van der Waals surface area contributed by atoms with Crippen LogP contribution in [0.15, 0.2) is 48.4 Å². The van der Waals surface area contributed by atoms with Crippen molar-refractivity contribution in [2.24, 2.45) is 0 Å². The molecule has 12 heteroatoms. The van der Waals surface area contributed by atoms with Crippen LogP contribution in [-0.4, -0.2) is 36.0 Å². The van der Waals surface area contributed by atoms with Crippen molar-refractivity contribution >= 4 is 28.7 Å². The Morgan fingerprint density at radius 2 is 2.06 bits per heavy atom. The summed E-state index contributed by atoms with van der Waals surface area (Å²) in [6.45, 7) is 5.96. The van der Waals surface area contributed by atoms with Crippen LogP contribution in [0, 0.1) is 5.82 Å². The molecular formula is C20H19FN8O2S. The summed E-state index contributed by atoms with van der Waals surface area (Å²) in [6, 6.07) is 5.02. The second kappa shape index (κ2) is 8.67. The van der Waals surface area contributed by atoms with E-state index in [9.17, 15) is 9.18 Å². The smallest absolute Gasteiger partial charge is 0.323 e. The van der Waals surface area contributed by atoms with Crippen LogP contribution in [0.5, 0.6) is 11.6 Å². The SMILES string of the molecule is CC(C)(C)n1cc(NC(=O)Nc2ccc(Oc3ccnc(-c4nncs4)n3)cc2F)cn1. The highest BCUT2D eigenvalue weighted by Gasteiger charge is 2.15. The van der Waals surface area contributed by atoms with Crippen molar-refractivity contribution in [3.05, 3.63) is 54.2 Å². The Balaban J connectivity index is 1.41. The molecule has 0 atom stereocenters. The van der Waals surface area contributed by atoms with Gasteiger partial charge in [-0.15, -0.1) is 10.2 Å². The molecule has 164 valence electrons. The maximum atomic E-state index is 14.5. The molecule has 0 bridgehead atoms. The first kappa shape index (κ1) is 21.3. The molecule has 0 radical (unpaired) electrons. The summed E-state index contributed by atoms with van der Waals surface area (Å²) in [5.41, 5.74) is 1.84. The summed E-state index contributed by atoms with van der Waals surface area (Å²) < 4.78 is 21.9. The van der Waals surface area contributed by atoms with Gasteiger partial charge in [-0.2, -0.15) is 10.1 Å². The number of ether oxygens (including phenoxy) is 1. The van der Waals surface area contributed by atoms with E-state index >= 15 is 0 Å². The lowest BCUT2D eigenvalue weighted by Gasteiger charge is -2.18. The zero-order valence-electron chi connectivity index (χ0n) is 17.4. The third-order valence-electron chi connectivity index (χ3n) is 4.12. The molecule has 1 aromatic carbocycles. The van der Waals surface area contributed by atoms with Crippen molar-refractivity contribution in [2.45, 2.75) is 26.3 Å². The van der Waals surface area contributed by atoms with E-state index in [1.807, 2.05) is 20.8 Å². The first-order valence-corrected chi connectivity index (χ1v) is 10.4. The Hall–Kier alpha value is -3.93. The molecule has 0 spiro atoms. The number of hydrogen-bond acceptors (Lipinski definition) is 8. The van der Waals surface area contributed by atoms with Crippen molar-refractivity contribution in [2.75, 3.05) is 10.6 Å². The number of hydrogen-bond donors (Lipinski definition) is 2. The molecule has 3 heterocycles. The zero-order valence-corrected chi connectivity index (χ0v) is 18.2. The summed E-state index contributed by atoms with van der Waals surface area (Å²) in [5.74, 6) is 0.123. The fourth-order valence-corrected chi connectivity index (χ4v) is 3.09. The largest absolute Gasteiger partial charge is 0.439 e. The molecule has 2 N–H and O–H groups in total. The number of nitrogens with zero attached hydrogens (tertiary/aromatic N) is 6. The molecule has 10 nitrogen and oxygen atoms in total. The molecule has 2 amide bonds. The number of benzene rings is 1. The highest BCUT2D eigenvalue weighted by atomic mass is 32.1. The number of anilines is 2. The maximum Gasteiger partial charge on any atom is 0.323 e. The van der Waals surface area contributed by atoms with Crippen LogP contribution in [0.4, 0.5) is 20.6 Å². The third kappa shape index (κ3) is 5.03. The first-order chi connectivity index (χ1) is 15.3. The topological polar surface area (TPSA) is 120 Å². The minimum absolute atomic E-state index is 0.00435. The molecule has 32 heavy (non-hydrogen) atoms. The Morgan fingerprint density at radius 3 is 2.75 bits per heavy atom. The van der Waals surface area contributed by atoms with Gasteiger partial charge in [-0.05, 0) is 32.9 Å². The third-order valence-corrected chi connectivity index (χ3v) is 4.81. The van der Waals surface area contributed by atoms with Gasteiger partial charge in [0.15, 0.2) is 10.8 Å². The molecule has 4 aromatic rings. The van der Waals surface area contributed by atoms with Gasteiger partial charge < -0.3 is 15.4 Å². The lowest BCUT2D eigenvalue weighted by molar-refractivity contribution is 0.262. The predicted octanol–water partition coefficient (Wildman–Crippen LogP) is 4.52. The Morgan fingerprint density at radius 1 is 1.22 bits per heavy atom. The summed E-state index contributed by atoms with van der Waals surface area (Å²) >= 11 is 1.29. The van der Waals surface area contributed by atoms with Crippen molar-refractivity contribution in [1.29, 1.82) is 0 Å². The lowest BCUT2D eigenvalue weighted by Crippen LogP contribution is -2.22. The van der Waals surface area contributed by atoms with E-state index in [1.165, 1.54) is 35.9 Å². The van der Waals surface area contributed by atoms with Gasteiger partial charge in [0.25, 0.3) is 0 Å². The van der Waals surface area contributed by atoms with Gasteiger partial charge in [-0.3, -0.25) is 4.68 Å². The number of rotatable bonds is 5. The molecule has 0 unspecified atom stereocenters. The van der Waals surface area contributed by atoms with Crippen LogP contribution < -0.4 is 15.4 Å². The van der Waals surface area contributed by atoms with Crippen molar-refractivity contribution in [3.8, 4) is 22.5 Å². The van der Waals surface area contributed by atoms with E-state index in [4.69, 9.17) is 4.74 Å². The van der Waals surface area contributed by atoms with E-state index in [0.29, 0.717) is 16.5 Å². The van der Waals surface area contributed by atoms with E-state index in [-0.39, 0.29) is 22.9 Å². The summed E-state index contributed by atoms with van der Waals surface area (Å²) in [5, 5.41) is 17.5. The number of carbonyl (C=O) groups is 1. The predicted molar refractivity (Wildman–Crippen MR) is 117 cm³/mol. The quantitative estimate of drug-likeness (QED) is 0.455. The Labute approximate surface area is 186 Å². The van der Waals surface area contributed by atoms with Crippen LogP contribution in [0.2, 0.25) is 0 Å². The minimum atomic E-state index is -0.665. The van der Waals surface area contributed by atoms with E-state index in [1.54, 1.807) is 22.5 Å². The number of urea groups is 1. The average Bonchev–Trinajstić information content (AvgIpc) is 3.42. The van der Waals surface area contributed by atoms with Crippen LogP contribution in [0.3, 0.4) is 0 Å². The van der Waals surface area contributed by atoms with Gasteiger partial charge in [-0.25, -0.2) is 14.2 Å². The second-order valence-corrected chi connectivity index (χ2v) is 8.46. The Kier molecular flexibility index (Phi) is 5.77. The maximum absolute atomic E-state index is 14.5. The monoisotopic (exact) mass is 454 g/mol. The standard InChI is InChI=1S/C20H19FN8O2S/c1-20(2,3)29-10-12(9-24-29)25-19(30)26-15-5-4-13(8-14(15)21)31-16-6-7-22-17(27-16)18-28-23-11-32-18/h4-11H,1-3H3,(H2,25,26,30). The van der Waals surface area contributed by atoms with Crippen molar-refractivity contribution < 1.29 is 13.9 Å². The molecule has 0 saturated heterocycles. The van der Waals surface area contributed by atoms with Crippen LogP contribution in [-0.2, 0) is 5.54 Å². The molecule has 0 saturated carbocycles. The molecular weight excluding hydrogens is 435 g/mol. The van der Waals surface area contributed by atoms with E-state index in [2.05, 4.69) is 35.9 Å². The molecule has 4 rings (SSSR count). The molecule has 0 aliphatic rings. The highest BCUT2D eigenvalue weighted by Crippen LogP contribution is 2.26. The van der Waals surface area contributed by atoms with Crippen molar-refractivity contribution in [3.63, 3.8) is 0 Å².